The molecule has 8 heteroatoms. The third kappa shape index (κ3) is 4.58. The number of nitrogens with one attached hydrogen (secondary N) is 1. The monoisotopic (exact) mass is 356 g/mol. The number of alkyl halides is 3. The molecule has 0 aliphatic carbocycles. The number of carbonyl (C=O) groups excluding carboxylic acids is 1. The van der Waals surface area contributed by atoms with Crippen LogP contribution in [0, 0.1) is 11.3 Å². The number of anilines is 1. The van der Waals surface area contributed by atoms with Crippen LogP contribution in [0.25, 0.3) is 6.08 Å². The summed E-state index contributed by atoms with van der Waals surface area (Å²) < 4.78 is 38.4. The molecule has 1 heterocycles. The van der Waals surface area contributed by atoms with Crippen LogP contribution in [0.15, 0.2) is 42.0 Å². The molecule has 0 radical (unpaired) electrons. The van der Waals surface area contributed by atoms with E-state index in [-0.39, 0.29) is 11.3 Å². The molecule has 0 aliphatic heterocycles. The Hall–Kier alpha value is -2.30. The summed E-state index contributed by atoms with van der Waals surface area (Å²) in [4.78, 5) is 12.6. The van der Waals surface area contributed by atoms with Crippen molar-refractivity contribution in [1.29, 1.82) is 5.26 Å². The highest BCUT2D eigenvalue weighted by Crippen LogP contribution is 2.30. The molecule has 0 saturated heterocycles. The highest BCUT2D eigenvalue weighted by molar-refractivity contribution is 7.17. The molecule has 1 N–H and O–H groups in total. The Labute approximate surface area is 138 Å². The maximum Gasteiger partial charge on any atom is 0.416 e. The summed E-state index contributed by atoms with van der Waals surface area (Å²) in [7, 11) is 0. The van der Waals surface area contributed by atoms with Gasteiger partial charge in [-0.1, -0.05) is 17.7 Å². The number of carbonyl (C=O) groups is 1. The molecule has 0 aliphatic rings. The Kier molecular flexibility index (Phi) is 5.08. The van der Waals surface area contributed by atoms with Gasteiger partial charge in [-0.15, -0.1) is 11.3 Å². The predicted octanol–water partition coefficient (Wildman–Crippen LogP) is 4.97. The van der Waals surface area contributed by atoms with Crippen molar-refractivity contribution < 1.29 is 18.0 Å². The lowest BCUT2D eigenvalue weighted by molar-refractivity contribution is -0.137. The van der Waals surface area contributed by atoms with E-state index in [2.05, 4.69) is 5.32 Å². The first-order chi connectivity index (χ1) is 10.8. The number of halogens is 4. The fourth-order valence-electron chi connectivity index (χ4n) is 1.67. The van der Waals surface area contributed by atoms with Crippen LogP contribution in [0.2, 0.25) is 4.34 Å². The van der Waals surface area contributed by atoms with Crippen molar-refractivity contribution in [3.8, 4) is 6.07 Å². The van der Waals surface area contributed by atoms with E-state index in [0.717, 1.165) is 12.1 Å². The van der Waals surface area contributed by atoms with Gasteiger partial charge >= 0.3 is 6.18 Å². The number of amides is 1. The van der Waals surface area contributed by atoms with Gasteiger partial charge in [0.1, 0.15) is 11.6 Å². The highest BCUT2D eigenvalue weighted by atomic mass is 35.5. The predicted molar refractivity (Wildman–Crippen MR) is 83.0 cm³/mol. The van der Waals surface area contributed by atoms with Gasteiger partial charge in [0.15, 0.2) is 0 Å². The van der Waals surface area contributed by atoms with Crippen LogP contribution >= 0.6 is 22.9 Å². The molecule has 2 aromatic rings. The first-order valence-corrected chi connectivity index (χ1v) is 7.35. The minimum absolute atomic E-state index is 0.0461. The van der Waals surface area contributed by atoms with Crippen molar-refractivity contribution in [2.75, 3.05) is 5.32 Å². The van der Waals surface area contributed by atoms with E-state index in [4.69, 9.17) is 16.9 Å². The van der Waals surface area contributed by atoms with Gasteiger partial charge < -0.3 is 5.32 Å². The van der Waals surface area contributed by atoms with Crippen LogP contribution in [0.1, 0.15) is 10.4 Å². The van der Waals surface area contributed by atoms with Crippen LogP contribution in [0.3, 0.4) is 0 Å². The van der Waals surface area contributed by atoms with Gasteiger partial charge in [-0.2, -0.15) is 18.4 Å². The van der Waals surface area contributed by atoms with Crippen molar-refractivity contribution in [2.24, 2.45) is 0 Å². The molecule has 0 unspecified atom stereocenters. The first-order valence-electron chi connectivity index (χ1n) is 6.15. The smallest absolute Gasteiger partial charge is 0.321 e. The van der Waals surface area contributed by atoms with Crippen LogP contribution < -0.4 is 5.32 Å². The maximum atomic E-state index is 12.6. The van der Waals surface area contributed by atoms with Gasteiger partial charge in [0.05, 0.1) is 9.90 Å². The lowest BCUT2D eigenvalue weighted by Gasteiger charge is -2.09. The highest BCUT2D eigenvalue weighted by Gasteiger charge is 2.30. The Morgan fingerprint density at radius 2 is 2.04 bits per heavy atom. The van der Waals surface area contributed by atoms with Gasteiger partial charge in [0.2, 0.25) is 0 Å². The third-order valence-corrected chi connectivity index (χ3v) is 3.87. The van der Waals surface area contributed by atoms with E-state index >= 15 is 0 Å². The summed E-state index contributed by atoms with van der Waals surface area (Å²) in [5.74, 6) is -0.795. The Morgan fingerprint density at radius 1 is 1.30 bits per heavy atom. The molecule has 0 saturated carbocycles. The zero-order valence-electron chi connectivity index (χ0n) is 11.3. The van der Waals surface area contributed by atoms with E-state index < -0.39 is 17.6 Å². The van der Waals surface area contributed by atoms with Crippen molar-refractivity contribution in [2.45, 2.75) is 6.18 Å². The maximum absolute atomic E-state index is 12.6. The van der Waals surface area contributed by atoms with E-state index in [1.165, 1.54) is 29.5 Å². The second-order valence-corrected chi connectivity index (χ2v) is 6.09. The van der Waals surface area contributed by atoms with Crippen molar-refractivity contribution in [3.63, 3.8) is 0 Å². The van der Waals surface area contributed by atoms with Crippen LogP contribution in [0.4, 0.5) is 18.9 Å². The molecule has 0 spiro atoms. The molecule has 0 bridgehead atoms. The summed E-state index contributed by atoms with van der Waals surface area (Å²) in [6.45, 7) is 0. The van der Waals surface area contributed by atoms with Crippen molar-refractivity contribution in [1.82, 2.24) is 0 Å². The van der Waals surface area contributed by atoms with E-state index in [9.17, 15) is 18.0 Å². The molecular formula is C15H8ClF3N2OS. The van der Waals surface area contributed by atoms with Gasteiger partial charge in [-0.25, -0.2) is 0 Å². The Bertz CT molecular complexity index is 806. The number of hydrogen-bond donors (Lipinski definition) is 1. The van der Waals surface area contributed by atoms with Crippen LogP contribution in [-0.2, 0) is 11.0 Å². The normalized spacial score (nSPS) is 11.9. The summed E-state index contributed by atoms with van der Waals surface area (Å²) in [6.07, 6.45) is -3.19. The van der Waals surface area contributed by atoms with Crippen molar-refractivity contribution in [3.05, 3.63) is 56.7 Å². The minimum atomic E-state index is -4.51. The first kappa shape index (κ1) is 17.1. The lowest BCUT2D eigenvalue weighted by atomic mass is 10.1. The Balaban J connectivity index is 2.21. The number of hydrogen-bond acceptors (Lipinski definition) is 3. The number of rotatable bonds is 3. The average molecular weight is 357 g/mol. The zero-order chi connectivity index (χ0) is 17.0. The quantitative estimate of drug-likeness (QED) is 0.623. The molecule has 0 fully saturated rings. The second-order valence-electron chi connectivity index (χ2n) is 4.34. The fraction of sp³-hybridized carbons (Fsp3) is 0.0667. The summed E-state index contributed by atoms with van der Waals surface area (Å²) >= 11 is 6.93. The number of nitriles is 1. The molecule has 0 atom stereocenters. The summed E-state index contributed by atoms with van der Waals surface area (Å²) in [5, 5.41) is 11.3. The van der Waals surface area contributed by atoms with Gasteiger partial charge in [0, 0.05) is 10.6 Å². The third-order valence-electron chi connectivity index (χ3n) is 2.69. The van der Waals surface area contributed by atoms with Gasteiger partial charge in [-0.05, 0) is 36.4 Å². The minimum Gasteiger partial charge on any atom is -0.321 e. The van der Waals surface area contributed by atoms with E-state index in [1.807, 2.05) is 0 Å². The summed E-state index contributed by atoms with van der Waals surface area (Å²) in [5.41, 5.74) is -1.17. The molecule has 3 nitrogen and oxygen atoms in total. The summed E-state index contributed by atoms with van der Waals surface area (Å²) in [6, 6.07) is 9.13. The number of benzene rings is 1. The Morgan fingerprint density at radius 3 is 2.61 bits per heavy atom. The van der Waals surface area contributed by atoms with E-state index in [1.54, 1.807) is 18.2 Å². The van der Waals surface area contributed by atoms with Gasteiger partial charge in [-0.3, -0.25) is 4.79 Å². The molecule has 1 amide bonds. The molecular weight excluding hydrogens is 349 g/mol. The molecule has 1 aromatic carbocycles. The second kappa shape index (κ2) is 6.86. The molecule has 1 aromatic heterocycles. The number of thiophene rings is 1. The average Bonchev–Trinajstić information content (AvgIpc) is 2.89. The standard InChI is InChI=1S/C15H8ClF3N2OS/c16-13-5-4-12(23-13)6-9(8-20)14(22)21-11-3-1-2-10(7-11)15(17,18)19/h1-7H,(H,21,22)/b9-6-. The van der Waals surface area contributed by atoms with E-state index in [0.29, 0.717) is 9.21 Å². The largest absolute Gasteiger partial charge is 0.416 e. The van der Waals surface area contributed by atoms with Crippen molar-refractivity contribution >= 4 is 40.6 Å². The molecule has 2 rings (SSSR count). The fourth-order valence-corrected chi connectivity index (χ4v) is 2.67. The SMILES string of the molecule is N#C/C(=C/c1ccc(Cl)s1)C(=O)Nc1cccc(C(F)(F)F)c1. The number of nitrogens with zero attached hydrogens (tertiary/aromatic N) is 1. The van der Waals surface area contributed by atoms with Crippen LogP contribution in [0.5, 0.6) is 0 Å². The zero-order valence-corrected chi connectivity index (χ0v) is 12.9. The van der Waals surface area contributed by atoms with Gasteiger partial charge in [0.25, 0.3) is 5.91 Å². The lowest BCUT2D eigenvalue weighted by Crippen LogP contribution is -2.14. The van der Waals surface area contributed by atoms with Crippen LogP contribution in [-0.4, -0.2) is 5.91 Å². The molecule has 23 heavy (non-hydrogen) atoms. The molecule has 118 valence electrons. The topological polar surface area (TPSA) is 52.9 Å².